The Morgan fingerprint density at radius 3 is 2.71 bits per heavy atom. The molecule has 0 aromatic carbocycles. The van der Waals surface area contributed by atoms with E-state index in [0.717, 1.165) is 0 Å². The van der Waals surface area contributed by atoms with Gasteiger partial charge >= 0.3 is 0 Å². The smallest absolute Gasteiger partial charge is 0.102 e. The molecule has 0 saturated heterocycles. The van der Waals surface area contributed by atoms with Crippen molar-refractivity contribution in [3.63, 3.8) is 0 Å². The van der Waals surface area contributed by atoms with Gasteiger partial charge in [0.05, 0.1) is 0 Å². The molecule has 1 aromatic heterocycles. The Balaban J connectivity index is 2.33. The number of anilines is 1. The Hall–Kier alpha value is -1.51. The molecule has 2 rings (SSSR count). The summed E-state index contributed by atoms with van der Waals surface area (Å²) >= 11 is 0. The molecule has 0 bridgehead atoms. The van der Waals surface area contributed by atoms with Gasteiger partial charge in [-0.25, -0.2) is 0 Å². The van der Waals surface area contributed by atoms with Crippen LogP contribution in [0, 0.1) is 6.92 Å². The quantitative estimate of drug-likeness (QED) is 0.673. The third-order valence-electron chi connectivity index (χ3n) is 2.72. The zero-order chi connectivity index (χ0) is 10.1. The molecule has 0 fully saturated rings. The lowest BCUT2D eigenvalue weighted by Gasteiger charge is -2.27. The highest BCUT2D eigenvalue weighted by molar-refractivity contribution is 5.55. The third kappa shape index (κ3) is 1.35. The van der Waals surface area contributed by atoms with Gasteiger partial charge in [-0.3, -0.25) is 4.98 Å². The van der Waals surface area contributed by atoms with E-state index in [1.807, 2.05) is 12.4 Å². The second kappa shape index (κ2) is 3.33. The first-order chi connectivity index (χ1) is 6.70. The number of rotatable bonds is 1. The van der Waals surface area contributed by atoms with Crippen LogP contribution >= 0.6 is 0 Å². The minimum absolute atomic E-state index is 0.385. The summed E-state index contributed by atoms with van der Waals surface area (Å²) in [5.41, 5.74) is 2.44. The van der Waals surface area contributed by atoms with Crippen LogP contribution in [0.4, 0.5) is 5.69 Å². The molecule has 1 atom stereocenters. The number of aromatic nitrogens is 1. The number of nitrogens with zero attached hydrogens (tertiary/aromatic N) is 3. The van der Waals surface area contributed by atoms with Crippen LogP contribution in [0.1, 0.15) is 12.5 Å². The van der Waals surface area contributed by atoms with Crippen LogP contribution in [-0.2, 0) is 0 Å². The second-order valence-corrected chi connectivity index (χ2v) is 3.66. The van der Waals surface area contributed by atoms with Gasteiger partial charge in [0.25, 0.3) is 0 Å². The minimum Gasteiger partial charge on any atom is -0.359 e. The molecule has 1 unspecified atom stereocenters. The summed E-state index contributed by atoms with van der Waals surface area (Å²) in [5, 5.41) is 0. The Morgan fingerprint density at radius 1 is 1.36 bits per heavy atom. The van der Waals surface area contributed by atoms with Crippen molar-refractivity contribution in [2.24, 2.45) is 0 Å². The number of hydrogen-bond donors (Lipinski definition) is 0. The summed E-state index contributed by atoms with van der Waals surface area (Å²) < 4.78 is 0. The standard InChI is InChI=1S/C11H15N3/c1-9-8-12-5-4-11(9)14-7-6-13(3)10(14)2/h4-8,10H,1-3H3. The lowest BCUT2D eigenvalue weighted by molar-refractivity contribution is 0.383. The van der Waals surface area contributed by atoms with Crippen molar-refractivity contribution in [2.75, 3.05) is 11.9 Å². The summed E-state index contributed by atoms with van der Waals surface area (Å²) in [4.78, 5) is 8.52. The molecule has 1 aliphatic rings. The maximum Gasteiger partial charge on any atom is 0.102 e. The molecule has 0 aliphatic carbocycles. The van der Waals surface area contributed by atoms with E-state index in [1.54, 1.807) is 0 Å². The van der Waals surface area contributed by atoms with Gasteiger partial charge < -0.3 is 9.80 Å². The maximum atomic E-state index is 4.10. The lowest BCUT2D eigenvalue weighted by Crippen LogP contribution is -2.33. The van der Waals surface area contributed by atoms with Gasteiger partial charge in [-0.15, -0.1) is 0 Å². The summed E-state index contributed by atoms with van der Waals surface area (Å²) in [6.07, 6.45) is 8.31. The average Bonchev–Trinajstić information content (AvgIpc) is 2.49. The van der Waals surface area contributed by atoms with E-state index >= 15 is 0 Å². The summed E-state index contributed by atoms with van der Waals surface area (Å²) in [5.74, 6) is 0. The fourth-order valence-electron chi connectivity index (χ4n) is 1.66. The number of aryl methyl sites for hydroxylation is 1. The normalized spacial score (nSPS) is 20.6. The molecule has 3 nitrogen and oxygen atoms in total. The molecule has 1 aliphatic heterocycles. The van der Waals surface area contributed by atoms with Gasteiger partial charge in [-0.2, -0.15) is 0 Å². The van der Waals surface area contributed by atoms with Crippen LogP contribution in [0.3, 0.4) is 0 Å². The topological polar surface area (TPSA) is 19.4 Å². The van der Waals surface area contributed by atoms with E-state index in [-0.39, 0.29) is 0 Å². The largest absolute Gasteiger partial charge is 0.359 e. The molecule has 0 spiro atoms. The van der Waals surface area contributed by atoms with E-state index < -0.39 is 0 Å². The summed E-state index contributed by atoms with van der Waals surface area (Å²) in [6.45, 7) is 4.26. The van der Waals surface area contributed by atoms with Crippen LogP contribution < -0.4 is 4.90 Å². The Kier molecular flexibility index (Phi) is 2.15. The molecule has 14 heavy (non-hydrogen) atoms. The van der Waals surface area contributed by atoms with Crippen molar-refractivity contribution < 1.29 is 0 Å². The minimum atomic E-state index is 0.385. The molecule has 2 heterocycles. The van der Waals surface area contributed by atoms with Crippen LogP contribution in [-0.4, -0.2) is 23.1 Å². The highest BCUT2D eigenvalue weighted by Crippen LogP contribution is 2.25. The van der Waals surface area contributed by atoms with Crippen LogP contribution in [0.2, 0.25) is 0 Å². The molecule has 0 amide bonds. The van der Waals surface area contributed by atoms with Crippen molar-refractivity contribution in [3.8, 4) is 0 Å². The zero-order valence-electron chi connectivity index (χ0n) is 8.81. The van der Waals surface area contributed by atoms with Gasteiger partial charge in [0.15, 0.2) is 0 Å². The van der Waals surface area contributed by atoms with Gasteiger partial charge in [0.1, 0.15) is 6.17 Å². The van der Waals surface area contributed by atoms with Crippen molar-refractivity contribution in [3.05, 3.63) is 36.4 Å². The lowest BCUT2D eigenvalue weighted by atomic mass is 10.2. The zero-order valence-corrected chi connectivity index (χ0v) is 8.81. The number of pyridine rings is 1. The molecular weight excluding hydrogens is 174 g/mol. The Morgan fingerprint density at radius 2 is 2.14 bits per heavy atom. The maximum absolute atomic E-state index is 4.10. The number of hydrogen-bond acceptors (Lipinski definition) is 3. The SMILES string of the molecule is Cc1cnccc1N1C=CN(C)C1C. The summed E-state index contributed by atoms with van der Waals surface area (Å²) in [7, 11) is 2.08. The van der Waals surface area contributed by atoms with Gasteiger partial charge in [-0.1, -0.05) is 0 Å². The molecule has 0 saturated carbocycles. The predicted molar refractivity (Wildman–Crippen MR) is 57.8 cm³/mol. The fourth-order valence-corrected chi connectivity index (χ4v) is 1.66. The molecule has 3 heteroatoms. The fraction of sp³-hybridized carbons (Fsp3) is 0.364. The Labute approximate surface area is 84.7 Å². The van der Waals surface area contributed by atoms with Crippen molar-refractivity contribution in [1.29, 1.82) is 0 Å². The first-order valence-corrected chi connectivity index (χ1v) is 4.79. The van der Waals surface area contributed by atoms with Crippen molar-refractivity contribution in [2.45, 2.75) is 20.0 Å². The molecule has 0 N–H and O–H groups in total. The highest BCUT2D eigenvalue weighted by Gasteiger charge is 2.20. The molecule has 0 radical (unpaired) electrons. The first kappa shape index (κ1) is 9.06. The molecule has 74 valence electrons. The summed E-state index contributed by atoms with van der Waals surface area (Å²) in [6, 6.07) is 2.05. The first-order valence-electron chi connectivity index (χ1n) is 4.79. The second-order valence-electron chi connectivity index (χ2n) is 3.66. The van der Waals surface area contributed by atoms with E-state index in [0.29, 0.717) is 6.17 Å². The monoisotopic (exact) mass is 189 g/mol. The van der Waals surface area contributed by atoms with Crippen LogP contribution in [0.5, 0.6) is 0 Å². The van der Waals surface area contributed by atoms with E-state index in [9.17, 15) is 0 Å². The van der Waals surface area contributed by atoms with Crippen molar-refractivity contribution in [1.82, 2.24) is 9.88 Å². The van der Waals surface area contributed by atoms with Crippen molar-refractivity contribution >= 4 is 5.69 Å². The molecule has 1 aromatic rings. The molecular formula is C11H15N3. The van der Waals surface area contributed by atoms with E-state index in [2.05, 4.69) is 54.1 Å². The average molecular weight is 189 g/mol. The Bertz CT molecular complexity index is 359. The van der Waals surface area contributed by atoms with Gasteiger partial charge in [0.2, 0.25) is 0 Å². The van der Waals surface area contributed by atoms with Gasteiger partial charge in [-0.05, 0) is 25.5 Å². The predicted octanol–water partition coefficient (Wildman–Crippen LogP) is 1.96. The van der Waals surface area contributed by atoms with E-state index in [4.69, 9.17) is 0 Å². The van der Waals surface area contributed by atoms with Crippen LogP contribution in [0.25, 0.3) is 0 Å². The van der Waals surface area contributed by atoms with Gasteiger partial charge in [0, 0.05) is 37.5 Å². The van der Waals surface area contributed by atoms with E-state index in [1.165, 1.54) is 11.3 Å². The highest BCUT2D eigenvalue weighted by atomic mass is 15.4. The third-order valence-corrected chi connectivity index (χ3v) is 2.72. The van der Waals surface area contributed by atoms with Crippen LogP contribution in [0.15, 0.2) is 30.9 Å².